The zero-order valence-corrected chi connectivity index (χ0v) is 15.5. The number of rotatable bonds is 5. The van der Waals surface area contributed by atoms with Crippen LogP contribution in [0.3, 0.4) is 0 Å². The van der Waals surface area contributed by atoms with Crippen LogP contribution in [0.25, 0.3) is 0 Å². The third kappa shape index (κ3) is 4.53. The van der Waals surface area contributed by atoms with Crippen molar-refractivity contribution in [1.29, 1.82) is 0 Å². The molecule has 25 heavy (non-hydrogen) atoms. The van der Waals surface area contributed by atoms with Gasteiger partial charge in [-0.2, -0.15) is 0 Å². The minimum absolute atomic E-state index is 0. The largest absolute Gasteiger partial charge is 0.497 e. The molecule has 0 amide bonds. The topological polar surface area (TPSA) is 32.8 Å². The van der Waals surface area contributed by atoms with Crippen molar-refractivity contribution < 1.29 is 9.53 Å². The maximum Gasteiger partial charge on any atom is 0.179 e. The zero-order valence-electron chi connectivity index (χ0n) is 14.7. The Bertz CT molecular complexity index is 668. The summed E-state index contributed by atoms with van der Waals surface area (Å²) >= 11 is 0. The van der Waals surface area contributed by atoms with Crippen molar-refractivity contribution in [2.24, 2.45) is 0 Å². The number of nitrogens with zero attached hydrogens (tertiary/aromatic N) is 2. The van der Waals surface area contributed by atoms with Gasteiger partial charge in [-0.1, -0.05) is 30.3 Å². The standard InChI is InChI=1S/C20H24N2O2.ClH/c1-16(20(23)17-6-4-3-5-7-17)21-12-14-22(15-13-21)18-8-10-19(24-2)11-9-18;/h3-11,16H,12-15H2,1-2H3;1H. The Morgan fingerprint density at radius 1 is 0.960 bits per heavy atom. The van der Waals surface area contributed by atoms with Crippen molar-refractivity contribution in [2.45, 2.75) is 13.0 Å². The molecule has 0 radical (unpaired) electrons. The average Bonchev–Trinajstić information content (AvgIpc) is 2.68. The normalized spacial score (nSPS) is 16.0. The molecule has 1 atom stereocenters. The van der Waals surface area contributed by atoms with Crippen LogP contribution >= 0.6 is 12.4 Å². The molecule has 5 heteroatoms. The SMILES string of the molecule is COc1ccc(N2CCN(C(C)C(=O)c3ccccc3)CC2)cc1.Cl. The Labute approximate surface area is 155 Å². The maximum atomic E-state index is 12.6. The number of piperazine rings is 1. The van der Waals surface area contributed by atoms with Gasteiger partial charge in [0.1, 0.15) is 5.75 Å². The maximum absolute atomic E-state index is 12.6. The molecule has 1 aliphatic rings. The lowest BCUT2D eigenvalue weighted by molar-refractivity contribution is 0.0830. The van der Waals surface area contributed by atoms with E-state index in [-0.39, 0.29) is 24.2 Å². The van der Waals surface area contributed by atoms with Crippen LogP contribution in [0.2, 0.25) is 0 Å². The first kappa shape index (κ1) is 19.3. The fraction of sp³-hybridized carbons (Fsp3) is 0.350. The second-order valence-corrected chi connectivity index (χ2v) is 6.13. The van der Waals surface area contributed by atoms with Crippen molar-refractivity contribution in [3.8, 4) is 5.75 Å². The van der Waals surface area contributed by atoms with Crippen LogP contribution in [0.1, 0.15) is 17.3 Å². The molecule has 1 fully saturated rings. The Hall–Kier alpha value is -2.04. The second kappa shape index (κ2) is 8.88. The number of Topliss-reactive ketones (excluding diaryl/α,β-unsaturated/α-hetero) is 1. The minimum Gasteiger partial charge on any atom is -0.497 e. The van der Waals surface area contributed by atoms with Crippen LogP contribution in [-0.2, 0) is 0 Å². The fourth-order valence-electron chi connectivity index (χ4n) is 3.17. The lowest BCUT2D eigenvalue weighted by atomic mass is 10.0. The summed E-state index contributed by atoms with van der Waals surface area (Å²) in [5, 5.41) is 0. The third-order valence-corrected chi connectivity index (χ3v) is 4.74. The molecule has 1 aliphatic heterocycles. The summed E-state index contributed by atoms with van der Waals surface area (Å²) in [4.78, 5) is 17.2. The number of carbonyl (C=O) groups excluding carboxylic acids is 1. The van der Waals surface area contributed by atoms with Crippen LogP contribution in [0, 0.1) is 0 Å². The second-order valence-electron chi connectivity index (χ2n) is 6.13. The van der Waals surface area contributed by atoms with E-state index in [1.54, 1.807) is 7.11 Å². The highest BCUT2D eigenvalue weighted by Gasteiger charge is 2.26. The van der Waals surface area contributed by atoms with E-state index in [0.717, 1.165) is 37.5 Å². The predicted molar refractivity (Wildman–Crippen MR) is 104 cm³/mol. The fourth-order valence-corrected chi connectivity index (χ4v) is 3.17. The molecule has 1 unspecified atom stereocenters. The number of halogens is 1. The summed E-state index contributed by atoms with van der Waals surface area (Å²) < 4.78 is 5.21. The average molecular weight is 361 g/mol. The van der Waals surface area contributed by atoms with E-state index in [1.165, 1.54) is 5.69 Å². The monoisotopic (exact) mass is 360 g/mol. The van der Waals surface area contributed by atoms with Gasteiger partial charge in [0.2, 0.25) is 0 Å². The van der Waals surface area contributed by atoms with E-state index < -0.39 is 0 Å². The first-order valence-electron chi connectivity index (χ1n) is 8.41. The number of hydrogen-bond donors (Lipinski definition) is 0. The van der Waals surface area contributed by atoms with Gasteiger partial charge in [-0.15, -0.1) is 12.4 Å². The van der Waals surface area contributed by atoms with Gasteiger partial charge in [-0.3, -0.25) is 9.69 Å². The number of anilines is 1. The van der Waals surface area contributed by atoms with Crippen LogP contribution < -0.4 is 9.64 Å². The van der Waals surface area contributed by atoms with Gasteiger partial charge >= 0.3 is 0 Å². The van der Waals surface area contributed by atoms with Gasteiger partial charge in [-0.05, 0) is 31.2 Å². The smallest absolute Gasteiger partial charge is 0.179 e. The quantitative estimate of drug-likeness (QED) is 0.764. The van der Waals surface area contributed by atoms with E-state index >= 15 is 0 Å². The molecule has 0 spiro atoms. The van der Waals surface area contributed by atoms with E-state index in [0.29, 0.717) is 0 Å². The Kier molecular flexibility index (Phi) is 6.85. The third-order valence-electron chi connectivity index (χ3n) is 4.74. The minimum atomic E-state index is -0.0783. The Balaban J connectivity index is 0.00000225. The first-order chi connectivity index (χ1) is 11.7. The highest BCUT2D eigenvalue weighted by atomic mass is 35.5. The van der Waals surface area contributed by atoms with Crippen molar-refractivity contribution in [1.82, 2.24) is 4.90 Å². The summed E-state index contributed by atoms with van der Waals surface area (Å²) in [6.45, 7) is 5.66. The summed E-state index contributed by atoms with van der Waals surface area (Å²) in [6.07, 6.45) is 0. The summed E-state index contributed by atoms with van der Waals surface area (Å²) in [5.41, 5.74) is 2.00. The molecule has 0 aromatic heterocycles. The zero-order chi connectivity index (χ0) is 16.9. The molecule has 0 saturated carbocycles. The molecule has 1 heterocycles. The van der Waals surface area contributed by atoms with E-state index in [2.05, 4.69) is 21.9 Å². The van der Waals surface area contributed by atoms with Crippen molar-refractivity contribution in [2.75, 3.05) is 38.2 Å². The van der Waals surface area contributed by atoms with Crippen molar-refractivity contribution in [3.05, 3.63) is 60.2 Å². The summed E-state index contributed by atoms with van der Waals surface area (Å²) in [7, 11) is 1.68. The highest BCUT2D eigenvalue weighted by Crippen LogP contribution is 2.21. The molecular formula is C20H25ClN2O2. The van der Waals surface area contributed by atoms with Gasteiger partial charge in [0, 0.05) is 37.4 Å². The summed E-state index contributed by atoms with van der Waals surface area (Å²) in [5.74, 6) is 1.08. The van der Waals surface area contributed by atoms with Gasteiger partial charge in [0.25, 0.3) is 0 Å². The van der Waals surface area contributed by atoms with E-state index in [1.807, 2.05) is 49.4 Å². The van der Waals surface area contributed by atoms with E-state index in [4.69, 9.17) is 4.74 Å². The van der Waals surface area contributed by atoms with Gasteiger partial charge in [-0.25, -0.2) is 0 Å². The molecule has 0 bridgehead atoms. The van der Waals surface area contributed by atoms with Crippen LogP contribution in [0.5, 0.6) is 5.75 Å². The van der Waals surface area contributed by atoms with Crippen LogP contribution in [0.15, 0.2) is 54.6 Å². The lowest BCUT2D eigenvalue weighted by Crippen LogP contribution is -2.51. The number of ketones is 1. The number of methoxy groups -OCH3 is 1. The molecule has 2 aromatic carbocycles. The van der Waals surface area contributed by atoms with Gasteiger partial charge in [0.15, 0.2) is 5.78 Å². The van der Waals surface area contributed by atoms with Crippen LogP contribution in [-0.4, -0.2) is 50.0 Å². The van der Waals surface area contributed by atoms with Gasteiger partial charge < -0.3 is 9.64 Å². The number of hydrogen-bond acceptors (Lipinski definition) is 4. The Morgan fingerprint density at radius 2 is 1.56 bits per heavy atom. The molecule has 0 N–H and O–H groups in total. The molecule has 3 rings (SSSR count). The van der Waals surface area contributed by atoms with Crippen molar-refractivity contribution >= 4 is 23.9 Å². The van der Waals surface area contributed by atoms with Gasteiger partial charge in [0.05, 0.1) is 13.2 Å². The van der Waals surface area contributed by atoms with E-state index in [9.17, 15) is 4.79 Å². The molecule has 2 aromatic rings. The number of benzene rings is 2. The summed E-state index contributed by atoms with van der Waals surface area (Å²) in [6, 6.07) is 17.6. The molecule has 0 aliphatic carbocycles. The number of ether oxygens (including phenoxy) is 1. The first-order valence-corrected chi connectivity index (χ1v) is 8.41. The highest BCUT2D eigenvalue weighted by molar-refractivity contribution is 5.99. The molecule has 4 nitrogen and oxygen atoms in total. The predicted octanol–water partition coefficient (Wildman–Crippen LogP) is 3.51. The Morgan fingerprint density at radius 3 is 2.12 bits per heavy atom. The molecular weight excluding hydrogens is 336 g/mol. The van der Waals surface area contributed by atoms with Crippen LogP contribution in [0.4, 0.5) is 5.69 Å². The molecule has 134 valence electrons. The van der Waals surface area contributed by atoms with Crippen molar-refractivity contribution in [3.63, 3.8) is 0 Å². The molecule has 1 saturated heterocycles. The number of carbonyl (C=O) groups is 1. The lowest BCUT2D eigenvalue weighted by Gasteiger charge is -2.38.